The molecule has 0 saturated carbocycles. The summed E-state index contributed by atoms with van der Waals surface area (Å²) in [7, 11) is 0. The van der Waals surface area contributed by atoms with E-state index in [1.54, 1.807) is 30.3 Å². The summed E-state index contributed by atoms with van der Waals surface area (Å²) in [6.45, 7) is -0.0376. The fraction of sp³-hybridized carbons (Fsp3) is 0.176. The number of hydrogen-bond acceptors (Lipinski definition) is 3. The number of hydrogen-bond donors (Lipinski definition) is 1. The van der Waals surface area contributed by atoms with Gasteiger partial charge in [-0.2, -0.15) is 0 Å². The summed E-state index contributed by atoms with van der Waals surface area (Å²) in [6.07, 6.45) is 0.0922. The second-order valence-corrected chi connectivity index (χ2v) is 5.68. The highest BCUT2D eigenvalue weighted by molar-refractivity contribution is 6.31. The van der Waals surface area contributed by atoms with E-state index in [-0.39, 0.29) is 25.5 Å². The Labute approximate surface area is 144 Å². The molecule has 23 heavy (non-hydrogen) atoms. The Morgan fingerprint density at radius 2 is 1.70 bits per heavy atom. The first kappa shape index (κ1) is 17.3. The second kappa shape index (κ2) is 8.56. The minimum absolute atomic E-state index is 0.0922. The number of ether oxygens (including phenoxy) is 1. The number of benzene rings is 2. The van der Waals surface area contributed by atoms with Crippen molar-refractivity contribution in [2.24, 2.45) is 0 Å². The van der Waals surface area contributed by atoms with Crippen LogP contribution < -0.4 is 5.32 Å². The molecule has 2 aromatic rings. The van der Waals surface area contributed by atoms with Gasteiger partial charge in [0.1, 0.15) is 0 Å². The van der Waals surface area contributed by atoms with Crippen molar-refractivity contribution >= 4 is 35.1 Å². The molecule has 0 saturated heterocycles. The van der Waals surface area contributed by atoms with Gasteiger partial charge in [-0.05, 0) is 29.3 Å². The largest absolute Gasteiger partial charge is 0.455 e. The summed E-state index contributed by atoms with van der Waals surface area (Å²) in [4.78, 5) is 23.4. The van der Waals surface area contributed by atoms with Crippen LogP contribution in [0, 0.1) is 0 Å². The molecule has 2 aromatic carbocycles. The lowest BCUT2D eigenvalue weighted by molar-refractivity contribution is -0.147. The molecule has 0 bridgehead atoms. The molecule has 0 radical (unpaired) electrons. The average molecular weight is 352 g/mol. The van der Waals surface area contributed by atoms with Gasteiger partial charge in [-0.15, -0.1) is 0 Å². The molecular weight excluding hydrogens is 337 g/mol. The molecule has 0 aliphatic carbocycles. The summed E-state index contributed by atoms with van der Waals surface area (Å²) >= 11 is 11.8. The van der Waals surface area contributed by atoms with E-state index in [0.717, 1.165) is 11.1 Å². The molecule has 0 unspecified atom stereocenters. The lowest BCUT2D eigenvalue weighted by Crippen LogP contribution is -2.28. The summed E-state index contributed by atoms with van der Waals surface area (Å²) in [5, 5.41) is 3.82. The number of esters is 1. The van der Waals surface area contributed by atoms with Crippen molar-refractivity contribution in [2.45, 2.75) is 13.0 Å². The zero-order valence-electron chi connectivity index (χ0n) is 12.2. The van der Waals surface area contributed by atoms with Crippen LogP contribution in [0.2, 0.25) is 10.0 Å². The van der Waals surface area contributed by atoms with Crippen LogP contribution in [0.4, 0.5) is 0 Å². The highest BCUT2D eigenvalue weighted by Gasteiger charge is 2.09. The van der Waals surface area contributed by atoms with E-state index < -0.39 is 5.97 Å². The molecule has 1 amide bonds. The van der Waals surface area contributed by atoms with E-state index in [1.807, 2.05) is 18.2 Å². The van der Waals surface area contributed by atoms with Crippen molar-refractivity contribution in [3.05, 3.63) is 69.7 Å². The Morgan fingerprint density at radius 1 is 1.00 bits per heavy atom. The van der Waals surface area contributed by atoms with Crippen molar-refractivity contribution < 1.29 is 14.3 Å². The maximum absolute atomic E-state index is 11.7. The lowest BCUT2D eigenvalue weighted by atomic mass is 10.1. The van der Waals surface area contributed by atoms with Crippen molar-refractivity contribution in [1.82, 2.24) is 5.32 Å². The average Bonchev–Trinajstić information content (AvgIpc) is 2.54. The standard InChI is InChI=1S/C17H15Cl2NO3/c18-14-7-5-12(6-8-14)9-17(22)23-11-16(21)20-10-13-3-1-2-4-15(13)19/h1-8H,9-11H2,(H,20,21). The molecule has 0 fully saturated rings. The van der Waals surface area contributed by atoms with Gasteiger partial charge < -0.3 is 10.1 Å². The first-order valence-electron chi connectivity index (χ1n) is 6.95. The monoisotopic (exact) mass is 351 g/mol. The number of nitrogens with one attached hydrogen (secondary N) is 1. The van der Waals surface area contributed by atoms with Crippen molar-refractivity contribution in [2.75, 3.05) is 6.61 Å². The van der Waals surface area contributed by atoms with Crippen LogP contribution in [0.1, 0.15) is 11.1 Å². The zero-order chi connectivity index (χ0) is 16.7. The highest BCUT2D eigenvalue weighted by atomic mass is 35.5. The quantitative estimate of drug-likeness (QED) is 0.811. The summed E-state index contributed by atoms with van der Waals surface area (Å²) in [5.74, 6) is -0.852. The van der Waals surface area contributed by atoms with Crippen LogP contribution in [-0.4, -0.2) is 18.5 Å². The third-order valence-corrected chi connectivity index (χ3v) is 3.68. The highest BCUT2D eigenvalue weighted by Crippen LogP contribution is 2.14. The summed E-state index contributed by atoms with van der Waals surface area (Å²) in [5.41, 5.74) is 1.57. The fourth-order valence-electron chi connectivity index (χ4n) is 1.85. The Hall–Kier alpha value is -2.04. The number of carbonyl (C=O) groups is 2. The van der Waals surface area contributed by atoms with Crippen LogP contribution >= 0.6 is 23.2 Å². The minimum Gasteiger partial charge on any atom is -0.455 e. The normalized spacial score (nSPS) is 10.2. The predicted molar refractivity (Wildman–Crippen MR) is 89.4 cm³/mol. The van der Waals surface area contributed by atoms with E-state index >= 15 is 0 Å². The second-order valence-electron chi connectivity index (χ2n) is 4.83. The smallest absolute Gasteiger partial charge is 0.310 e. The van der Waals surface area contributed by atoms with E-state index in [9.17, 15) is 9.59 Å². The molecule has 120 valence electrons. The first-order chi connectivity index (χ1) is 11.0. The molecule has 0 spiro atoms. The van der Waals surface area contributed by atoms with E-state index in [0.29, 0.717) is 10.0 Å². The lowest BCUT2D eigenvalue weighted by Gasteiger charge is -2.08. The van der Waals surface area contributed by atoms with Crippen molar-refractivity contribution in [3.63, 3.8) is 0 Å². The van der Waals surface area contributed by atoms with E-state index in [2.05, 4.69) is 5.32 Å². The molecule has 0 aliphatic heterocycles. The maximum atomic E-state index is 11.7. The van der Waals surface area contributed by atoms with Crippen LogP contribution in [0.25, 0.3) is 0 Å². The SMILES string of the molecule is O=C(COC(=O)Cc1ccc(Cl)cc1)NCc1ccccc1Cl. The van der Waals surface area contributed by atoms with Gasteiger partial charge in [-0.3, -0.25) is 9.59 Å². The number of rotatable bonds is 6. The van der Waals surface area contributed by atoms with E-state index in [1.165, 1.54) is 0 Å². The minimum atomic E-state index is -0.472. The molecule has 1 N–H and O–H groups in total. The number of halogens is 2. The van der Waals surface area contributed by atoms with Crippen LogP contribution in [0.15, 0.2) is 48.5 Å². The van der Waals surface area contributed by atoms with Crippen LogP contribution in [0.3, 0.4) is 0 Å². The van der Waals surface area contributed by atoms with Crippen molar-refractivity contribution in [3.8, 4) is 0 Å². The van der Waals surface area contributed by atoms with Gasteiger partial charge in [-0.25, -0.2) is 0 Å². The topological polar surface area (TPSA) is 55.4 Å². The third-order valence-electron chi connectivity index (χ3n) is 3.06. The molecular formula is C17H15Cl2NO3. The van der Waals surface area contributed by atoms with Gasteiger partial charge in [0, 0.05) is 16.6 Å². The zero-order valence-corrected chi connectivity index (χ0v) is 13.7. The predicted octanol–water partition coefficient (Wildman–Crippen LogP) is 3.40. The number of amides is 1. The first-order valence-corrected chi connectivity index (χ1v) is 7.70. The summed E-state index contributed by atoms with van der Waals surface area (Å²) in [6, 6.07) is 14.1. The van der Waals surface area contributed by atoms with Gasteiger partial charge in [-0.1, -0.05) is 53.5 Å². The molecule has 0 aliphatic rings. The maximum Gasteiger partial charge on any atom is 0.310 e. The van der Waals surface area contributed by atoms with Crippen molar-refractivity contribution in [1.29, 1.82) is 0 Å². The van der Waals surface area contributed by atoms with Crippen LogP contribution in [-0.2, 0) is 27.3 Å². The third kappa shape index (κ3) is 5.93. The van der Waals surface area contributed by atoms with Gasteiger partial charge in [0.05, 0.1) is 6.42 Å². The molecule has 0 aromatic heterocycles. The van der Waals surface area contributed by atoms with E-state index in [4.69, 9.17) is 27.9 Å². The Kier molecular flexibility index (Phi) is 6.44. The fourth-order valence-corrected chi connectivity index (χ4v) is 2.18. The molecule has 4 nitrogen and oxygen atoms in total. The Balaban J connectivity index is 1.72. The molecule has 2 rings (SSSR count). The van der Waals surface area contributed by atoms with Gasteiger partial charge >= 0.3 is 5.97 Å². The summed E-state index contributed by atoms with van der Waals surface area (Å²) < 4.78 is 4.94. The molecule has 0 atom stereocenters. The van der Waals surface area contributed by atoms with Gasteiger partial charge in [0.25, 0.3) is 5.91 Å². The Morgan fingerprint density at radius 3 is 2.39 bits per heavy atom. The van der Waals surface area contributed by atoms with Crippen LogP contribution in [0.5, 0.6) is 0 Å². The van der Waals surface area contributed by atoms with Gasteiger partial charge in [0.15, 0.2) is 6.61 Å². The molecule has 6 heteroatoms. The number of carbonyl (C=O) groups excluding carboxylic acids is 2. The molecule has 0 heterocycles. The van der Waals surface area contributed by atoms with Gasteiger partial charge in [0.2, 0.25) is 0 Å². The Bertz CT molecular complexity index is 686.